The molecule has 0 radical (unpaired) electrons. The fourth-order valence-electron chi connectivity index (χ4n) is 1.77. The van der Waals surface area contributed by atoms with Crippen LogP contribution >= 0.6 is 0 Å². The van der Waals surface area contributed by atoms with Gasteiger partial charge in [0.15, 0.2) is 0 Å². The molecule has 0 spiro atoms. The Labute approximate surface area is 115 Å². The molecule has 0 aliphatic rings. The molecule has 7 heteroatoms. The summed E-state index contributed by atoms with van der Waals surface area (Å²) in [6, 6.07) is 6.60. The molecule has 0 saturated carbocycles. The maximum atomic E-state index is 11.1. The van der Waals surface area contributed by atoms with Gasteiger partial charge < -0.3 is 5.32 Å². The van der Waals surface area contributed by atoms with Crippen molar-refractivity contribution in [3.8, 4) is 6.07 Å². The zero-order valence-corrected chi connectivity index (χ0v) is 11.1. The molecule has 2 aromatic rings. The van der Waals surface area contributed by atoms with Gasteiger partial charge in [0.25, 0.3) is 0 Å². The van der Waals surface area contributed by atoms with Crippen molar-refractivity contribution < 1.29 is 4.92 Å². The summed E-state index contributed by atoms with van der Waals surface area (Å²) in [5.74, 6) is 0. The molecule has 7 nitrogen and oxygen atoms in total. The summed E-state index contributed by atoms with van der Waals surface area (Å²) >= 11 is 0. The maximum Gasteiger partial charge on any atom is 0.310 e. The van der Waals surface area contributed by atoms with Gasteiger partial charge in [-0.25, -0.2) is 0 Å². The van der Waals surface area contributed by atoms with Crippen molar-refractivity contribution in [2.75, 3.05) is 5.32 Å². The van der Waals surface area contributed by atoms with Gasteiger partial charge in [-0.05, 0) is 26.0 Å². The number of hydrogen-bond donors (Lipinski definition) is 1. The molecule has 102 valence electrons. The highest BCUT2D eigenvalue weighted by Gasteiger charge is 2.19. The lowest BCUT2D eigenvalue weighted by Gasteiger charge is -2.06. The van der Waals surface area contributed by atoms with Crippen LogP contribution in [-0.4, -0.2) is 14.7 Å². The van der Waals surface area contributed by atoms with Gasteiger partial charge in [-0.1, -0.05) is 6.07 Å². The Morgan fingerprint density at radius 1 is 1.50 bits per heavy atom. The first kappa shape index (κ1) is 13.5. The number of hydrogen-bond acceptors (Lipinski definition) is 5. The molecule has 0 aliphatic heterocycles. The highest BCUT2D eigenvalue weighted by atomic mass is 16.6. The standard InChI is InChI=1S/C13H13N5O2/c1-9(2)17-8-11(7-15-17)16-12-5-3-4-10(6-14)13(12)18(19)20/h3-5,7-9,16H,1-2H3. The third kappa shape index (κ3) is 2.59. The van der Waals surface area contributed by atoms with Crippen LogP contribution in [0.1, 0.15) is 25.5 Å². The van der Waals surface area contributed by atoms with Gasteiger partial charge in [-0.2, -0.15) is 10.4 Å². The first-order valence-corrected chi connectivity index (χ1v) is 6.01. The lowest BCUT2D eigenvalue weighted by molar-refractivity contribution is -0.384. The van der Waals surface area contributed by atoms with Crippen molar-refractivity contribution in [3.63, 3.8) is 0 Å². The largest absolute Gasteiger partial charge is 0.347 e. The molecule has 0 unspecified atom stereocenters. The van der Waals surface area contributed by atoms with Crippen molar-refractivity contribution in [2.24, 2.45) is 0 Å². The van der Waals surface area contributed by atoms with E-state index in [2.05, 4.69) is 10.4 Å². The molecule has 1 N–H and O–H groups in total. The molecule has 0 saturated heterocycles. The average molecular weight is 271 g/mol. The summed E-state index contributed by atoms with van der Waals surface area (Å²) in [6.45, 7) is 3.96. The topological polar surface area (TPSA) is 96.8 Å². The molecular weight excluding hydrogens is 258 g/mol. The van der Waals surface area contributed by atoms with Gasteiger partial charge in [0.05, 0.1) is 16.8 Å². The fraction of sp³-hybridized carbons (Fsp3) is 0.231. The minimum absolute atomic E-state index is 0.0243. The second kappa shape index (κ2) is 5.40. The lowest BCUT2D eigenvalue weighted by Crippen LogP contribution is -2.00. The summed E-state index contributed by atoms with van der Waals surface area (Å²) in [5, 5.41) is 27.1. The van der Waals surface area contributed by atoms with Crippen molar-refractivity contribution >= 4 is 17.1 Å². The van der Waals surface area contributed by atoms with Crippen LogP contribution in [0.25, 0.3) is 0 Å². The highest BCUT2D eigenvalue weighted by molar-refractivity contribution is 5.73. The van der Waals surface area contributed by atoms with Crippen LogP contribution in [0.15, 0.2) is 30.6 Å². The second-order valence-electron chi connectivity index (χ2n) is 4.50. The molecule has 0 aliphatic carbocycles. The Kier molecular flexibility index (Phi) is 3.66. The summed E-state index contributed by atoms with van der Waals surface area (Å²) in [6.07, 6.45) is 3.34. The van der Waals surface area contributed by atoms with E-state index in [1.807, 2.05) is 19.9 Å². The number of nitrogens with one attached hydrogen (secondary N) is 1. The van der Waals surface area contributed by atoms with E-state index in [0.29, 0.717) is 5.69 Å². The van der Waals surface area contributed by atoms with Gasteiger partial charge in [0.2, 0.25) is 0 Å². The number of nitro groups is 1. The Morgan fingerprint density at radius 3 is 2.80 bits per heavy atom. The highest BCUT2D eigenvalue weighted by Crippen LogP contribution is 2.30. The predicted octanol–water partition coefficient (Wildman–Crippen LogP) is 2.99. The SMILES string of the molecule is CC(C)n1cc(Nc2cccc(C#N)c2[N+](=O)[O-])cn1. The quantitative estimate of drug-likeness (QED) is 0.681. The van der Waals surface area contributed by atoms with Gasteiger partial charge in [0.1, 0.15) is 17.3 Å². The number of nitriles is 1. The fourth-order valence-corrected chi connectivity index (χ4v) is 1.77. The molecule has 20 heavy (non-hydrogen) atoms. The zero-order chi connectivity index (χ0) is 14.7. The molecule has 1 heterocycles. The van der Waals surface area contributed by atoms with Crippen LogP contribution < -0.4 is 5.32 Å². The number of nitro benzene ring substituents is 1. The first-order valence-electron chi connectivity index (χ1n) is 6.01. The summed E-state index contributed by atoms with van der Waals surface area (Å²) in [4.78, 5) is 10.5. The summed E-state index contributed by atoms with van der Waals surface area (Å²) < 4.78 is 1.74. The van der Waals surface area contributed by atoms with Crippen molar-refractivity contribution in [2.45, 2.75) is 19.9 Å². The maximum absolute atomic E-state index is 11.1. The average Bonchev–Trinajstić information content (AvgIpc) is 2.86. The van der Waals surface area contributed by atoms with Crippen molar-refractivity contribution in [3.05, 3.63) is 46.3 Å². The van der Waals surface area contributed by atoms with E-state index in [-0.39, 0.29) is 23.0 Å². The number of nitrogens with zero attached hydrogens (tertiary/aromatic N) is 4. The Hall–Kier alpha value is -2.88. The van der Waals surface area contributed by atoms with E-state index in [0.717, 1.165) is 0 Å². The number of benzene rings is 1. The van der Waals surface area contributed by atoms with Gasteiger partial charge in [0, 0.05) is 12.2 Å². The smallest absolute Gasteiger partial charge is 0.310 e. The van der Waals surface area contributed by atoms with Gasteiger partial charge in [-0.15, -0.1) is 0 Å². The molecule has 2 rings (SSSR count). The molecule has 1 aromatic carbocycles. The van der Waals surface area contributed by atoms with E-state index < -0.39 is 4.92 Å². The van der Waals surface area contributed by atoms with E-state index in [4.69, 9.17) is 5.26 Å². The van der Waals surface area contributed by atoms with Crippen molar-refractivity contribution in [1.29, 1.82) is 5.26 Å². The predicted molar refractivity (Wildman–Crippen MR) is 73.7 cm³/mol. The van der Waals surface area contributed by atoms with Crippen LogP contribution in [0, 0.1) is 21.4 Å². The number of rotatable bonds is 4. The number of para-hydroxylation sites is 1. The lowest BCUT2D eigenvalue weighted by atomic mass is 10.1. The third-order valence-electron chi connectivity index (χ3n) is 2.75. The minimum atomic E-state index is -0.562. The molecule has 0 fully saturated rings. The molecule has 0 amide bonds. The van der Waals surface area contributed by atoms with Crippen LogP contribution in [-0.2, 0) is 0 Å². The molecular formula is C13H13N5O2. The number of anilines is 2. The van der Waals surface area contributed by atoms with Crippen LogP contribution in [0.3, 0.4) is 0 Å². The first-order chi connectivity index (χ1) is 9.52. The van der Waals surface area contributed by atoms with E-state index in [1.54, 1.807) is 29.2 Å². The molecule has 0 bridgehead atoms. The second-order valence-corrected chi connectivity index (χ2v) is 4.50. The Bertz CT molecular complexity index is 684. The zero-order valence-electron chi connectivity index (χ0n) is 11.1. The third-order valence-corrected chi connectivity index (χ3v) is 2.75. The normalized spacial score (nSPS) is 10.3. The monoisotopic (exact) mass is 271 g/mol. The Morgan fingerprint density at radius 2 is 2.25 bits per heavy atom. The molecule has 0 atom stereocenters. The molecule has 1 aromatic heterocycles. The van der Waals surface area contributed by atoms with E-state index >= 15 is 0 Å². The van der Waals surface area contributed by atoms with Crippen LogP contribution in [0.2, 0.25) is 0 Å². The van der Waals surface area contributed by atoms with Crippen LogP contribution in [0.5, 0.6) is 0 Å². The minimum Gasteiger partial charge on any atom is -0.347 e. The Balaban J connectivity index is 2.38. The van der Waals surface area contributed by atoms with E-state index in [1.165, 1.54) is 6.07 Å². The van der Waals surface area contributed by atoms with Crippen LogP contribution in [0.4, 0.5) is 17.1 Å². The summed E-state index contributed by atoms with van der Waals surface area (Å²) in [7, 11) is 0. The summed E-state index contributed by atoms with van der Waals surface area (Å²) in [5.41, 5.74) is 0.706. The van der Waals surface area contributed by atoms with Gasteiger partial charge in [-0.3, -0.25) is 14.8 Å². The number of aromatic nitrogens is 2. The van der Waals surface area contributed by atoms with Crippen molar-refractivity contribution in [1.82, 2.24) is 9.78 Å². The van der Waals surface area contributed by atoms with Gasteiger partial charge >= 0.3 is 5.69 Å². The van der Waals surface area contributed by atoms with E-state index in [9.17, 15) is 10.1 Å².